The maximum Gasteiger partial charge on any atom is 0.0992 e. The van der Waals surface area contributed by atoms with Crippen LogP contribution >= 0.6 is 0 Å². The fourth-order valence-corrected chi connectivity index (χ4v) is 1.88. The lowest BCUT2D eigenvalue weighted by Crippen LogP contribution is -2.23. The maximum absolute atomic E-state index is 8.85. The predicted molar refractivity (Wildman–Crippen MR) is 72.7 cm³/mol. The topological polar surface area (TPSA) is 61.8 Å². The van der Waals surface area contributed by atoms with Crippen molar-refractivity contribution < 1.29 is 0 Å². The van der Waals surface area contributed by atoms with Gasteiger partial charge in [-0.05, 0) is 30.0 Å². The number of hydrogen-bond acceptors (Lipinski definition) is 3. The van der Waals surface area contributed by atoms with Crippen molar-refractivity contribution in [3.05, 3.63) is 23.8 Å². The number of nitrogens with two attached hydrogens (primary N) is 1. The van der Waals surface area contributed by atoms with Crippen molar-refractivity contribution in [2.45, 2.75) is 33.6 Å². The number of nitrogens with one attached hydrogen (secondary N) is 1. The van der Waals surface area contributed by atoms with Crippen LogP contribution in [-0.2, 0) is 0 Å². The zero-order chi connectivity index (χ0) is 12.9. The summed E-state index contributed by atoms with van der Waals surface area (Å²) in [6, 6.07) is 7.43. The zero-order valence-corrected chi connectivity index (χ0v) is 10.9. The first-order valence-electron chi connectivity index (χ1n) is 6.02. The third-order valence-corrected chi connectivity index (χ3v) is 2.87. The summed E-state index contributed by atoms with van der Waals surface area (Å²) in [5, 5.41) is 12.2. The van der Waals surface area contributed by atoms with Crippen LogP contribution in [0.1, 0.15) is 39.2 Å². The molecule has 1 aromatic carbocycles. The molecule has 0 aromatic heterocycles. The molecule has 0 atom stereocenters. The highest BCUT2D eigenvalue weighted by Gasteiger charge is 2.16. The van der Waals surface area contributed by atoms with Crippen LogP contribution in [0.5, 0.6) is 0 Å². The summed E-state index contributed by atoms with van der Waals surface area (Å²) >= 11 is 0. The van der Waals surface area contributed by atoms with E-state index in [1.165, 1.54) is 6.42 Å². The summed E-state index contributed by atoms with van der Waals surface area (Å²) in [5.41, 5.74) is 8.30. The van der Waals surface area contributed by atoms with Crippen molar-refractivity contribution in [3.8, 4) is 6.07 Å². The van der Waals surface area contributed by atoms with E-state index in [9.17, 15) is 0 Å². The predicted octanol–water partition coefficient (Wildman–Crippen LogP) is 3.38. The largest absolute Gasteiger partial charge is 0.397 e. The molecule has 17 heavy (non-hydrogen) atoms. The molecule has 0 amide bonds. The van der Waals surface area contributed by atoms with Gasteiger partial charge in [0.05, 0.1) is 23.0 Å². The summed E-state index contributed by atoms with van der Waals surface area (Å²) in [7, 11) is 0. The van der Waals surface area contributed by atoms with E-state index in [1.807, 2.05) is 0 Å². The van der Waals surface area contributed by atoms with E-state index in [2.05, 4.69) is 32.2 Å². The number of nitriles is 1. The Bertz CT molecular complexity index is 416. The van der Waals surface area contributed by atoms with Gasteiger partial charge in [-0.2, -0.15) is 5.26 Å². The first-order valence-corrected chi connectivity index (χ1v) is 6.02. The highest BCUT2D eigenvalue weighted by Crippen LogP contribution is 2.25. The van der Waals surface area contributed by atoms with Gasteiger partial charge in [0.25, 0.3) is 0 Å². The van der Waals surface area contributed by atoms with E-state index in [4.69, 9.17) is 11.0 Å². The molecule has 0 saturated carbocycles. The first-order chi connectivity index (χ1) is 7.98. The molecule has 0 aliphatic carbocycles. The third-order valence-electron chi connectivity index (χ3n) is 2.87. The molecule has 0 aliphatic heterocycles. The van der Waals surface area contributed by atoms with Gasteiger partial charge < -0.3 is 11.1 Å². The summed E-state index contributed by atoms with van der Waals surface area (Å²) in [5.74, 6) is 0. The molecule has 0 unspecified atom stereocenters. The van der Waals surface area contributed by atoms with Crippen molar-refractivity contribution in [3.63, 3.8) is 0 Å². The molecule has 0 spiro atoms. The molecule has 0 fully saturated rings. The van der Waals surface area contributed by atoms with Crippen molar-refractivity contribution in [2.24, 2.45) is 5.41 Å². The average molecular weight is 231 g/mol. The van der Waals surface area contributed by atoms with Gasteiger partial charge in [0.15, 0.2) is 0 Å². The van der Waals surface area contributed by atoms with Crippen molar-refractivity contribution in [1.29, 1.82) is 5.26 Å². The standard InChI is InChI=1S/C14H21N3/c1-4-7-14(2,3)10-17-13-8-11(9-15)5-6-12(13)16/h5-6,8,17H,4,7,10,16H2,1-3H3. The normalized spacial score (nSPS) is 10.9. The monoisotopic (exact) mass is 231 g/mol. The van der Waals surface area contributed by atoms with E-state index in [0.29, 0.717) is 11.3 Å². The van der Waals surface area contributed by atoms with Gasteiger partial charge in [-0.1, -0.05) is 27.2 Å². The van der Waals surface area contributed by atoms with Crippen LogP contribution in [0, 0.1) is 16.7 Å². The second-order valence-corrected chi connectivity index (χ2v) is 5.18. The van der Waals surface area contributed by atoms with Crippen LogP contribution in [0.25, 0.3) is 0 Å². The lowest BCUT2D eigenvalue weighted by atomic mass is 9.88. The first kappa shape index (κ1) is 13.4. The minimum atomic E-state index is 0.240. The van der Waals surface area contributed by atoms with E-state index >= 15 is 0 Å². The molecule has 0 saturated heterocycles. The second-order valence-electron chi connectivity index (χ2n) is 5.18. The Morgan fingerprint density at radius 2 is 2.12 bits per heavy atom. The molecular weight excluding hydrogens is 210 g/mol. The molecule has 0 radical (unpaired) electrons. The van der Waals surface area contributed by atoms with Gasteiger partial charge >= 0.3 is 0 Å². The van der Waals surface area contributed by atoms with Crippen molar-refractivity contribution >= 4 is 11.4 Å². The van der Waals surface area contributed by atoms with Crippen LogP contribution in [0.2, 0.25) is 0 Å². The molecule has 0 bridgehead atoms. The Morgan fingerprint density at radius 3 is 2.71 bits per heavy atom. The van der Waals surface area contributed by atoms with Crippen molar-refractivity contribution in [1.82, 2.24) is 0 Å². The molecular formula is C14H21N3. The van der Waals surface area contributed by atoms with Gasteiger partial charge in [-0.3, -0.25) is 0 Å². The van der Waals surface area contributed by atoms with Crippen LogP contribution in [0.3, 0.4) is 0 Å². The van der Waals surface area contributed by atoms with Crippen LogP contribution in [-0.4, -0.2) is 6.54 Å². The SMILES string of the molecule is CCCC(C)(C)CNc1cc(C#N)ccc1N. The summed E-state index contributed by atoms with van der Waals surface area (Å²) < 4.78 is 0. The van der Waals surface area contributed by atoms with E-state index in [-0.39, 0.29) is 5.41 Å². The smallest absolute Gasteiger partial charge is 0.0992 e. The third kappa shape index (κ3) is 3.99. The molecule has 1 aromatic rings. The fraction of sp³-hybridized carbons (Fsp3) is 0.500. The fourth-order valence-electron chi connectivity index (χ4n) is 1.88. The van der Waals surface area contributed by atoms with Gasteiger partial charge in [-0.25, -0.2) is 0 Å². The van der Waals surface area contributed by atoms with E-state index in [1.54, 1.807) is 18.2 Å². The van der Waals surface area contributed by atoms with Crippen LogP contribution in [0.4, 0.5) is 11.4 Å². The van der Waals surface area contributed by atoms with E-state index < -0.39 is 0 Å². The number of hydrogen-bond donors (Lipinski definition) is 2. The lowest BCUT2D eigenvalue weighted by molar-refractivity contribution is 0.355. The molecule has 3 N–H and O–H groups in total. The number of rotatable bonds is 5. The zero-order valence-electron chi connectivity index (χ0n) is 10.9. The van der Waals surface area contributed by atoms with Crippen LogP contribution < -0.4 is 11.1 Å². The Kier molecular flexibility index (Phi) is 4.39. The minimum Gasteiger partial charge on any atom is -0.397 e. The van der Waals surface area contributed by atoms with Crippen molar-refractivity contribution in [2.75, 3.05) is 17.6 Å². The van der Waals surface area contributed by atoms with Gasteiger partial charge in [0, 0.05) is 6.54 Å². The molecule has 3 nitrogen and oxygen atoms in total. The highest BCUT2D eigenvalue weighted by molar-refractivity contribution is 5.68. The summed E-state index contributed by atoms with van der Waals surface area (Å²) in [6.45, 7) is 7.51. The van der Waals surface area contributed by atoms with Crippen LogP contribution in [0.15, 0.2) is 18.2 Å². The summed E-state index contributed by atoms with van der Waals surface area (Å²) in [6.07, 6.45) is 2.33. The van der Waals surface area contributed by atoms with Gasteiger partial charge in [-0.15, -0.1) is 0 Å². The molecule has 3 heteroatoms. The Hall–Kier alpha value is -1.69. The minimum absolute atomic E-state index is 0.240. The molecule has 92 valence electrons. The quantitative estimate of drug-likeness (QED) is 0.764. The maximum atomic E-state index is 8.85. The Labute approximate surface area is 104 Å². The Morgan fingerprint density at radius 1 is 1.41 bits per heavy atom. The summed E-state index contributed by atoms with van der Waals surface area (Å²) in [4.78, 5) is 0. The van der Waals surface area contributed by atoms with Gasteiger partial charge in [0.1, 0.15) is 0 Å². The molecule has 0 heterocycles. The van der Waals surface area contributed by atoms with Gasteiger partial charge in [0.2, 0.25) is 0 Å². The molecule has 0 aliphatic rings. The lowest BCUT2D eigenvalue weighted by Gasteiger charge is -2.25. The number of anilines is 2. The average Bonchev–Trinajstić information content (AvgIpc) is 2.28. The number of nitrogen functional groups attached to an aromatic ring is 1. The highest BCUT2D eigenvalue weighted by atomic mass is 14.9. The second kappa shape index (κ2) is 5.58. The Balaban J connectivity index is 2.72. The molecule has 1 rings (SSSR count). The van der Waals surface area contributed by atoms with E-state index in [0.717, 1.165) is 18.7 Å². The number of nitrogens with zero attached hydrogens (tertiary/aromatic N) is 1. The number of benzene rings is 1.